The first-order valence-electron chi connectivity index (χ1n) is 8.63. The standard InChI is InChI=1S/C23H19BrN2O/c1-16-11-19(17(2)26(16)22-9-4-3-5-10-22)14-20(15-25)23(27)13-18-7-6-8-21(24)12-18/h3-12,14H,13H2,1-2H3/b20-14-. The zero-order chi connectivity index (χ0) is 19.4. The molecule has 0 amide bonds. The van der Waals surface area contributed by atoms with Crippen molar-refractivity contribution in [2.24, 2.45) is 0 Å². The van der Waals surface area contributed by atoms with E-state index < -0.39 is 0 Å². The van der Waals surface area contributed by atoms with E-state index in [2.05, 4.69) is 26.6 Å². The summed E-state index contributed by atoms with van der Waals surface area (Å²) >= 11 is 3.41. The number of carbonyl (C=O) groups is 1. The number of hydrogen-bond acceptors (Lipinski definition) is 2. The minimum Gasteiger partial charge on any atom is -0.318 e. The number of hydrogen-bond donors (Lipinski definition) is 0. The Hall–Kier alpha value is -2.90. The third-order valence-electron chi connectivity index (χ3n) is 4.46. The van der Waals surface area contributed by atoms with Crippen molar-refractivity contribution in [2.45, 2.75) is 20.3 Å². The van der Waals surface area contributed by atoms with Gasteiger partial charge in [0.15, 0.2) is 5.78 Å². The first-order valence-corrected chi connectivity index (χ1v) is 9.42. The van der Waals surface area contributed by atoms with Crippen LogP contribution < -0.4 is 0 Å². The Morgan fingerprint density at radius 1 is 1.11 bits per heavy atom. The molecule has 134 valence electrons. The van der Waals surface area contributed by atoms with E-state index in [1.807, 2.05) is 74.5 Å². The van der Waals surface area contributed by atoms with Crippen molar-refractivity contribution >= 4 is 27.8 Å². The summed E-state index contributed by atoms with van der Waals surface area (Å²) in [6.07, 6.45) is 1.90. The van der Waals surface area contributed by atoms with Crippen molar-refractivity contribution in [1.82, 2.24) is 4.57 Å². The lowest BCUT2D eigenvalue weighted by atomic mass is 10.0. The number of Topliss-reactive ketones (excluding diaryl/α,β-unsaturated/α-hetero) is 1. The number of nitriles is 1. The first-order chi connectivity index (χ1) is 13.0. The lowest BCUT2D eigenvalue weighted by Gasteiger charge is -2.09. The van der Waals surface area contributed by atoms with E-state index in [1.165, 1.54) is 0 Å². The number of halogens is 1. The van der Waals surface area contributed by atoms with Crippen LogP contribution in [0.15, 0.2) is 70.7 Å². The average molecular weight is 419 g/mol. The fraction of sp³-hybridized carbons (Fsp3) is 0.130. The van der Waals surface area contributed by atoms with Crippen molar-refractivity contribution in [1.29, 1.82) is 5.26 Å². The highest BCUT2D eigenvalue weighted by Gasteiger charge is 2.14. The normalized spacial score (nSPS) is 11.3. The smallest absolute Gasteiger partial charge is 0.177 e. The van der Waals surface area contributed by atoms with Crippen LogP contribution >= 0.6 is 15.9 Å². The Bertz CT molecular complexity index is 1060. The average Bonchev–Trinajstić information content (AvgIpc) is 2.93. The Kier molecular flexibility index (Phi) is 5.73. The predicted molar refractivity (Wildman–Crippen MR) is 112 cm³/mol. The Morgan fingerprint density at radius 3 is 2.52 bits per heavy atom. The van der Waals surface area contributed by atoms with E-state index >= 15 is 0 Å². The molecule has 3 aromatic rings. The van der Waals surface area contributed by atoms with Crippen molar-refractivity contribution in [2.75, 3.05) is 0 Å². The zero-order valence-corrected chi connectivity index (χ0v) is 16.8. The molecule has 0 radical (unpaired) electrons. The van der Waals surface area contributed by atoms with Gasteiger partial charge in [0.2, 0.25) is 0 Å². The number of benzene rings is 2. The predicted octanol–water partition coefficient (Wildman–Crippen LogP) is 5.58. The van der Waals surface area contributed by atoms with Crippen molar-refractivity contribution in [3.05, 3.63) is 93.2 Å². The van der Waals surface area contributed by atoms with Crippen molar-refractivity contribution in [3.63, 3.8) is 0 Å². The maximum Gasteiger partial charge on any atom is 0.177 e. The molecule has 0 aliphatic heterocycles. The molecule has 0 spiro atoms. The van der Waals surface area contributed by atoms with Crippen LogP contribution in [0.1, 0.15) is 22.5 Å². The molecule has 4 heteroatoms. The highest BCUT2D eigenvalue weighted by Crippen LogP contribution is 2.23. The maximum atomic E-state index is 12.6. The minimum absolute atomic E-state index is 0.170. The molecule has 0 aliphatic carbocycles. The van der Waals surface area contributed by atoms with Gasteiger partial charge in [0.1, 0.15) is 6.07 Å². The number of aromatic nitrogens is 1. The fourth-order valence-corrected chi connectivity index (χ4v) is 3.61. The summed E-state index contributed by atoms with van der Waals surface area (Å²) in [7, 11) is 0. The second-order valence-corrected chi connectivity index (χ2v) is 7.31. The van der Waals surface area contributed by atoms with Crippen LogP contribution in [0, 0.1) is 25.2 Å². The van der Waals surface area contributed by atoms with Crippen LogP contribution in [-0.2, 0) is 11.2 Å². The molecule has 27 heavy (non-hydrogen) atoms. The number of carbonyl (C=O) groups excluding carboxylic acids is 1. The fourth-order valence-electron chi connectivity index (χ4n) is 3.17. The topological polar surface area (TPSA) is 45.8 Å². The summed E-state index contributed by atoms with van der Waals surface area (Å²) in [5.41, 5.74) is 5.05. The molecule has 2 aromatic carbocycles. The van der Waals surface area contributed by atoms with Gasteiger partial charge in [-0.15, -0.1) is 0 Å². The SMILES string of the molecule is Cc1cc(/C=C(/C#N)C(=O)Cc2cccc(Br)c2)c(C)n1-c1ccccc1. The summed E-state index contributed by atoms with van der Waals surface area (Å²) < 4.78 is 3.04. The molecule has 0 atom stereocenters. The van der Waals surface area contributed by atoms with Gasteiger partial charge in [0.25, 0.3) is 0 Å². The molecule has 0 N–H and O–H groups in total. The molecule has 0 unspecified atom stereocenters. The molecule has 0 fully saturated rings. The minimum atomic E-state index is -0.180. The highest BCUT2D eigenvalue weighted by molar-refractivity contribution is 9.10. The lowest BCUT2D eigenvalue weighted by Crippen LogP contribution is -2.05. The van der Waals surface area contributed by atoms with Crippen molar-refractivity contribution in [3.8, 4) is 11.8 Å². The summed E-state index contributed by atoms with van der Waals surface area (Å²) in [5, 5.41) is 9.52. The van der Waals surface area contributed by atoms with Gasteiger partial charge in [-0.1, -0.05) is 46.3 Å². The second kappa shape index (κ2) is 8.20. The van der Waals surface area contributed by atoms with Gasteiger partial charge in [-0.3, -0.25) is 4.79 Å². The number of allylic oxidation sites excluding steroid dienone is 1. The van der Waals surface area contributed by atoms with E-state index in [0.717, 1.165) is 32.7 Å². The summed E-state index contributed by atoms with van der Waals surface area (Å²) in [4.78, 5) is 12.6. The Morgan fingerprint density at radius 2 is 1.85 bits per heavy atom. The van der Waals surface area contributed by atoms with Gasteiger partial charge in [-0.25, -0.2) is 0 Å². The van der Waals surface area contributed by atoms with E-state index in [1.54, 1.807) is 6.08 Å². The lowest BCUT2D eigenvalue weighted by molar-refractivity contribution is -0.114. The van der Waals surface area contributed by atoms with E-state index in [9.17, 15) is 10.1 Å². The van der Waals surface area contributed by atoms with E-state index in [4.69, 9.17) is 0 Å². The number of para-hydroxylation sites is 1. The van der Waals surface area contributed by atoms with Crippen LogP contribution in [0.3, 0.4) is 0 Å². The molecule has 3 rings (SSSR count). The molecule has 0 aliphatic rings. The molecular weight excluding hydrogens is 400 g/mol. The number of rotatable bonds is 5. The molecular formula is C23H19BrN2O. The third-order valence-corrected chi connectivity index (χ3v) is 4.95. The second-order valence-electron chi connectivity index (χ2n) is 6.40. The molecule has 1 heterocycles. The Balaban J connectivity index is 1.92. The summed E-state index contributed by atoms with van der Waals surface area (Å²) in [6.45, 7) is 4.02. The van der Waals surface area contributed by atoms with E-state index in [0.29, 0.717) is 0 Å². The monoisotopic (exact) mass is 418 g/mol. The van der Waals surface area contributed by atoms with Crippen LogP contribution in [0.4, 0.5) is 0 Å². The quantitative estimate of drug-likeness (QED) is 0.401. The van der Waals surface area contributed by atoms with Gasteiger partial charge >= 0.3 is 0 Å². The van der Waals surface area contributed by atoms with Gasteiger partial charge < -0.3 is 4.57 Å². The van der Waals surface area contributed by atoms with Gasteiger partial charge in [-0.05, 0) is 61.4 Å². The summed E-state index contributed by atoms with van der Waals surface area (Å²) in [5.74, 6) is -0.180. The number of nitrogens with zero attached hydrogens (tertiary/aromatic N) is 2. The molecule has 0 saturated carbocycles. The van der Waals surface area contributed by atoms with Crippen LogP contribution in [-0.4, -0.2) is 10.4 Å². The van der Waals surface area contributed by atoms with Gasteiger partial charge in [-0.2, -0.15) is 5.26 Å². The molecule has 0 saturated heterocycles. The van der Waals surface area contributed by atoms with Gasteiger partial charge in [0, 0.05) is 28.0 Å². The molecule has 3 nitrogen and oxygen atoms in total. The first kappa shape index (κ1) is 18.9. The van der Waals surface area contributed by atoms with Crippen LogP contribution in [0.25, 0.3) is 11.8 Å². The number of ketones is 1. The maximum absolute atomic E-state index is 12.6. The largest absolute Gasteiger partial charge is 0.318 e. The Labute approximate surface area is 167 Å². The molecule has 0 bridgehead atoms. The van der Waals surface area contributed by atoms with E-state index in [-0.39, 0.29) is 17.8 Å². The van der Waals surface area contributed by atoms with Crippen LogP contribution in [0.5, 0.6) is 0 Å². The van der Waals surface area contributed by atoms with Crippen molar-refractivity contribution < 1.29 is 4.79 Å². The number of aryl methyl sites for hydroxylation is 1. The zero-order valence-electron chi connectivity index (χ0n) is 15.2. The highest BCUT2D eigenvalue weighted by atomic mass is 79.9. The molecule has 1 aromatic heterocycles. The van der Waals surface area contributed by atoms with Crippen LogP contribution in [0.2, 0.25) is 0 Å². The third kappa shape index (κ3) is 4.27. The summed E-state index contributed by atoms with van der Waals surface area (Å²) in [6, 6.07) is 21.7. The van der Waals surface area contributed by atoms with Gasteiger partial charge in [0.05, 0.1) is 5.57 Å².